The fourth-order valence-corrected chi connectivity index (χ4v) is 8.77. The highest BCUT2D eigenvalue weighted by Gasteiger charge is 2.52. The van der Waals surface area contributed by atoms with Gasteiger partial charge in [-0.25, -0.2) is 0 Å². The molecule has 1 aromatic heterocycles. The summed E-state index contributed by atoms with van der Waals surface area (Å²) in [6.07, 6.45) is 0. The highest BCUT2D eigenvalue weighted by atomic mass is 16.7. The second kappa shape index (κ2) is 10.8. The molecule has 7 aromatic carbocycles. The first-order valence-electron chi connectivity index (χ1n) is 18.0. The molecule has 8 aromatic rings. The van der Waals surface area contributed by atoms with Crippen LogP contribution >= 0.6 is 0 Å². The Kier molecular flexibility index (Phi) is 6.44. The van der Waals surface area contributed by atoms with Crippen LogP contribution in [0.4, 0.5) is 0 Å². The van der Waals surface area contributed by atoms with Crippen molar-refractivity contribution in [3.05, 3.63) is 180 Å². The van der Waals surface area contributed by atoms with Gasteiger partial charge < -0.3 is 13.9 Å². The number of hydrogen-bond donors (Lipinski definition) is 0. The fourth-order valence-electron chi connectivity index (χ4n) is 8.77. The second-order valence-corrected chi connectivity index (χ2v) is 15.1. The molecule has 10 rings (SSSR count). The average molecular weight is 660 g/mol. The predicted molar refractivity (Wildman–Crippen MR) is 211 cm³/mol. The molecule has 1 aliphatic carbocycles. The molecule has 0 unspecified atom stereocenters. The lowest BCUT2D eigenvalue weighted by atomic mass is 9.68. The van der Waals surface area contributed by atoms with Gasteiger partial charge in [-0.3, -0.25) is 0 Å². The van der Waals surface area contributed by atoms with Crippen molar-refractivity contribution in [2.75, 3.05) is 0 Å². The molecule has 0 bridgehead atoms. The summed E-state index contributed by atoms with van der Waals surface area (Å²) in [6, 6.07) is 58.1. The predicted octanol–water partition coefficient (Wildman–Crippen LogP) is 10.6. The Morgan fingerprint density at radius 2 is 1.10 bits per heavy atom. The van der Waals surface area contributed by atoms with Gasteiger partial charge in [0, 0.05) is 21.8 Å². The van der Waals surface area contributed by atoms with E-state index < -0.39 is 23.7 Å². The molecular formula is C47H38BNO2. The zero-order valence-electron chi connectivity index (χ0n) is 29.4. The lowest BCUT2D eigenvalue weighted by Crippen LogP contribution is -2.41. The first kappa shape index (κ1) is 30.4. The van der Waals surface area contributed by atoms with Crippen molar-refractivity contribution in [1.29, 1.82) is 0 Å². The molecule has 1 aliphatic heterocycles. The summed E-state index contributed by atoms with van der Waals surface area (Å²) in [6.45, 7) is 8.45. The van der Waals surface area contributed by atoms with Crippen molar-refractivity contribution >= 4 is 45.2 Å². The van der Waals surface area contributed by atoms with Crippen LogP contribution in [0.5, 0.6) is 0 Å². The number of fused-ring (bicyclic) bond motifs is 8. The van der Waals surface area contributed by atoms with Crippen molar-refractivity contribution < 1.29 is 9.31 Å². The maximum absolute atomic E-state index is 6.56. The standard InChI is InChI=1S/C47H38BNO2/c1-45(2)46(3,4)51-48(50-45)34-24-27-38-39-26-23-31-15-11-12-20-36(31)44(39)49(43(38)29-34)35-25-28-42-40(30-35)37-21-13-14-22-41(37)47(42,32-16-7-5-8-17-32)33-18-9-6-10-19-33/h5-30H,1-4H3. The molecule has 0 saturated carbocycles. The lowest BCUT2D eigenvalue weighted by Gasteiger charge is -2.33. The van der Waals surface area contributed by atoms with Gasteiger partial charge in [-0.1, -0.05) is 140 Å². The average Bonchev–Trinajstić information content (AvgIpc) is 3.73. The first-order valence-corrected chi connectivity index (χ1v) is 18.0. The minimum absolute atomic E-state index is 0.424. The van der Waals surface area contributed by atoms with Gasteiger partial charge in [0.1, 0.15) is 0 Å². The quantitative estimate of drug-likeness (QED) is 0.176. The van der Waals surface area contributed by atoms with Gasteiger partial charge >= 0.3 is 7.12 Å². The van der Waals surface area contributed by atoms with E-state index in [9.17, 15) is 0 Å². The topological polar surface area (TPSA) is 23.4 Å². The Balaban J connectivity index is 1.27. The third kappa shape index (κ3) is 4.21. The van der Waals surface area contributed by atoms with E-state index >= 15 is 0 Å². The van der Waals surface area contributed by atoms with E-state index in [1.807, 2.05) is 0 Å². The number of aromatic nitrogens is 1. The van der Waals surface area contributed by atoms with Crippen molar-refractivity contribution in [2.24, 2.45) is 0 Å². The van der Waals surface area contributed by atoms with E-state index in [0.29, 0.717) is 0 Å². The summed E-state index contributed by atoms with van der Waals surface area (Å²) in [5.41, 5.74) is 10.9. The van der Waals surface area contributed by atoms with Gasteiger partial charge in [-0.15, -0.1) is 0 Å². The van der Waals surface area contributed by atoms with Gasteiger partial charge in [0.15, 0.2) is 0 Å². The maximum Gasteiger partial charge on any atom is 0.494 e. The van der Waals surface area contributed by atoms with Gasteiger partial charge in [0.05, 0.1) is 27.7 Å². The monoisotopic (exact) mass is 659 g/mol. The summed E-state index contributed by atoms with van der Waals surface area (Å²) in [5.74, 6) is 0. The number of nitrogens with zero attached hydrogens (tertiary/aromatic N) is 1. The van der Waals surface area contributed by atoms with Crippen LogP contribution in [0.15, 0.2) is 158 Å². The zero-order valence-corrected chi connectivity index (χ0v) is 29.4. The number of benzene rings is 7. The van der Waals surface area contributed by atoms with Crippen LogP contribution < -0.4 is 5.46 Å². The maximum atomic E-state index is 6.56. The Morgan fingerprint density at radius 3 is 1.82 bits per heavy atom. The minimum atomic E-state index is -0.452. The lowest BCUT2D eigenvalue weighted by molar-refractivity contribution is 0.00578. The molecule has 0 N–H and O–H groups in total. The largest absolute Gasteiger partial charge is 0.494 e. The van der Waals surface area contributed by atoms with Crippen LogP contribution in [0.3, 0.4) is 0 Å². The Morgan fingerprint density at radius 1 is 0.490 bits per heavy atom. The van der Waals surface area contributed by atoms with E-state index in [-0.39, 0.29) is 0 Å². The van der Waals surface area contributed by atoms with Gasteiger partial charge in [0.25, 0.3) is 0 Å². The van der Waals surface area contributed by atoms with E-state index in [1.54, 1.807) is 0 Å². The van der Waals surface area contributed by atoms with Crippen LogP contribution in [0.1, 0.15) is 49.9 Å². The van der Waals surface area contributed by atoms with Crippen molar-refractivity contribution in [3.8, 4) is 16.8 Å². The molecule has 0 amide bonds. The van der Waals surface area contributed by atoms with Crippen LogP contribution in [0, 0.1) is 0 Å². The normalized spacial score (nSPS) is 16.9. The van der Waals surface area contributed by atoms with E-state index in [4.69, 9.17) is 9.31 Å². The van der Waals surface area contributed by atoms with Crippen LogP contribution in [-0.2, 0) is 14.7 Å². The summed E-state index contributed by atoms with van der Waals surface area (Å²) < 4.78 is 15.6. The smallest absolute Gasteiger partial charge is 0.399 e. The fraction of sp³-hybridized carbons (Fsp3) is 0.149. The highest BCUT2D eigenvalue weighted by molar-refractivity contribution is 6.62. The van der Waals surface area contributed by atoms with Crippen LogP contribution in [0.25, 0.3) is 49.4 Å². The number of hydrogen-bond acceptors (Lipinski definition) is 2. The SMILES string of the molecule is CC1(C)OB(c2ccc3c4ccc5ccccc5c4n(-c4ccc5c(c4)-c4ccccc4C5(c4ccccc4)c4ccccc4)c3c2)OC1(C)C. The number of rotatable bonds is 4. The second-order valence-electron chi connectivity index (χ2n) is 15.1. The van der Waals surface area contributed by atoms with E-state index in [1.165, 1.54) is 60.4 Å². The molecule has 4 heteroatoms. The third-order valence-corrected chi connectivity index (χ3v) is 11.9. The van der Waals surface area contributed by atoms with Crippen LogP contribution in [0.2, 0.25) is 0 Å². The molecule has 51 heavy (non-hydrogen) atoms. The molecular weight excluding hydrogens is 621 g/mol. The van der Waals surface area contributed by atoms with Gasteiger partial charge in [-0.2, -0.15) is 0 Å². The summed E-state index contributed by atoms with van der Waals surface area (Å²) in [7, 11) is -0.452. The van der Waals surface area contributed by atoms with Crippen LogP contribution in [-0.4, -0.2) is 22.9 Å². The Labute approximate surface area is 299 Å². The Bertz CT molecular complexity index is 2600. The molecule has 2 aliphatic rings. The van der Waals surface area contributed by atoms with Gasteiger partial charge in [-0.05, 0) is 90.1 Å². The summed E-state index contributed by atoms with van der Waals surface area (Å²) in [4.78, 5) is 0. The summed E-state index contributed by atoms with van der Waals surface area (Å²) in [5, 5.41) is 4.89. The molecule has 2 heterocycles. The molecule has 246 valence electrons. The zero-order chi connectivity index (χ0) is 34.5. The van der Waals surface area contributed by atoms with E-state index in [2.05, 4.69) is 190 Å². The molecule has 0 atom stereocenters. The molecule has 1 saturated heterocycles. The molecule has 0 radical (unpaired) electrons. The third-order valence-electron chi connectivity index (χ3n) is 11.9. The highest BCUT2D eigenvalue weighted by Crippen LogP contribution is 2.56. The van der Waals surface area contributed by atoms with E-state index in [0.717, 1.165) is 16.7 Å². The van der Waals surface area contributed by atoms with Crippen molar-refractivity contribution in [3.63, 3.8) is 0 Å². The summed E-state index contributed by atoms with van der Waals surface area (Å²) >= 11 is 0. The Hall–Kier alpha value is -5.42. The molecule has 0 spiro atoms. The molecule has 3 nitrogen and oxygen atoms in total. The minimum Gasteiger partial charge on any atom is -0.399 e. The molecule has 1 fully saturated rings. The van der Waals surface area contributed by atoms with Crippen molar-refractivity contribution in [1.82, 2.24) is 4.57 Å². The van der Waals surface area contributed by atoms with Gasteiger partial charge in [0.2, 0.25) is 0 Å². The first-order chi connectivity index (χ1) is 24.8. The van der Waals surface area contributed by atoms with Crippen molar-refractivity contribution in [2.45, 2.75) is 44.3 Å².